The zero-order chi connectivity index (χ0) is 42.6. The van der Waals surface area contributed by atoms with Gasteiger partial charge in [-0.05, 0) is 87.8 Å². The molecular weight excluding hydrogens is 794 g/mol. The maximum absolute atomic E-state index is 14.9. The molecule has 3 N–H and O–H groups in total. The Morgan fingerprint density at radius 3 is 2.47 bits per heavy atom. The lowest BCUT2D eigenvalue weighted by Gasteiger charge is -2.35. The molecule has 4 amide bonds. The average molecular weight is 842 g/mol. The molecule has 19 heteroatoms. The van der Waals surface area contributed by atoms with E-state index < -0.39 is 98.0 Å². The Morgan fingerprint density at radius 2 is 1.83 bits per heavy atom. The van der Waals surface area contributed by atoms with Crippen LogP contribution in [-0.2, 0) is 29.2 Å². The van der Waals surface area contributed by atoms with Crippen molar-refractivity contribution in [3.8, 4) is 11.6 Å². The van der Waals surface area contributed by atoms with E-state index in [1.807, 2.05) is 11.6 Å². The molecule has 1 saturated heterocycles. The number of amides is 4. The zero-order valence-electron chi connectivity index (χ0n) is 32.8. The minimum absolute atomic E-state index is 0.00947. The van der Waals surface area contributed by atoms with Crippen molar-refractivity contribution in [3.63, 3.8) is 0 Å². The Labute approximate surface area is 332 Å². The molecule has 0 radical (unpaired) electrons. The van der Waals surface area contributed by atoms with Crippen molar-refractivity contribution in [2.24, 2.45) is 23.2 Å². The molecule has 0 unspecified atom stereocenters. The third-order valence-corrected chi connectivity index (χ3v) is 14.2. The second-order valence-corrected chi connectivity index (χ2v) is 18.8. The van der Waals surface area contributed by atoms with Gasteiger partial charge in [0, 0.05) is 23.9 Å². The van der Waals surface area contributed by atoms with E-state index in [1.54, 1.807) is 25.1 Å². The third kappa shape index (κ3) is 8.06. The van der Waals surface area contributed by atoms with Crippen LogP contribution in [0.1, 0.15) is 72.6 Å². The topological polar surface area (TPSA) is 173 Å². The zero-order valence-corrected chi connectivity index (χ0v) is 33.6. The highest BCUT2D eigenvalue weighted by Crippen LogP contribution is 2.48. The molecule has 2 aromatic rings. The minimum atomic E-state index is -4.97. The van der Waals surface area contributed by atoms with Crippen LogP contribution in [0.5, 0.6) is 11.6 Å². The fourth-order valence-corrected chi connectivity index (χ4v) is 9.18. The number of fused-ring (bicyclic) bond motifs is 3. The van der Waals surface area contributed by atoms with Crippen LogP contribution in [0.4, 0.5) is 22.0 Å². The molecule has 1 aromatic carbocycles. The number of hydrogen-bond acceptors (Lipinski definition) is 9. The van der Waals surface area contributed by atoms with Crippen LogP contribution < -0.4 is 24.8 Å². The number of carbonyl (C=O) groups is 4. The molecule has 1 aromatic heterocycles. The van der Waals surface area contributed by atoms with Gasteiger partial charge in [-0.1, -0.05) is 26.0 Å². The number of allylic oxidation sites excluding steroid dienone is 1. The van der Waals surface area contributed by atoms with Crippen molar-refractivity contribution in [3.05, 3.63) is 42.4 Å². The highest BCUT2D eigenvalue weighted by atomic mass is 32.2. The molecule has 318 valence electrons. The van der Waals surface area contributed by atoms with Gasteiger partial charge in [0.2, 0.25) is 33.6 Å². The number of rotatable bonds is 9. The molecule has 3 heterocycles. The summed E-state index contributed by atoms with van der Waals surface area (Å²) in [5, 5.41) is 5.73. The van der Waals surface area contributed by atoms with E-state index in [4.69, 9.17) is 9.47 Å². The first-order valence-electron chi connectivity index (χ1n) is 19.2. The molecule has 13 nitrogen and oxygen atoms in total. The van der Waals surface area contributed by atoms with Gasteiger partial charge in [-0.2, -0.15) is 13.2 Å². The summed E-state index contributed by atoms with van der Waals surface area (Å²) in [4.78, 5) is 61.7. The molecule has 3 fully saturated rings. The van der Waals surface area contributed by atoms with Crippen LogP contribution in [0.3, 0.4) is 0 Å². The Morgan fingerprint density at radius 1 is 1.12 bits per heavy atom. The van der Waals surface area contributed by atoms with E-state index in [9.17, 15) is 49.5 Å². The molecule has 7 atom stereocenters. The number of sulfonamides is 1. The van der Waals surface area contributed by atoms with Crippen LogP contribution in [-0.4, -0.2) is 96.9 Å². The second kappa shape index (κ2) is 15.6. The lowest BCUT2D eigenvalue weighted by molar-refractivity contribution is -0.212. The fourth-order valence-electron chi connectivity index (χ4n) is 7.76. The summed E-state index contributed by atoms with van der Waals surface area (Å²) in [5.41, 5.74) is -4.70. The first-order valence-corrected chi connectivity index (χ1v) is 20.7. The van der Waals surface area contributed by atoms with Gasteiger partial charge in [0.05, 0.1) is 13.7 Å². The Balaban J connectivity index is 1.38. The first-order chi connectivity index (χ1) is 27.1. The summed E-state index contributed by atoms with van der Waals surface area (Å²) in [5.74, 6) is -6.67. The molecule has 4 aliphatic rings. The van der Waals surface area contributed by atoms with Crippen molar-refractivity contribution >= 4 is 44.4 Å². The SMILES string of the molecule is COc1cc2ccnc(O[C@@H]3C[C@H]4C(=O)N[C@]5(C(=O)NS(=O)(=O)C6(CF)CC6)C[C@H]5C=CCC[C@@H](C)C[C@@H](C)[C@H](NC(=O)C(C)(C)C(F)(F)F)C(=O)N4C3)c2cc1F. The van der Waals surface area contributed by atoms with Gasteiger partial charge < -0.3 is 25.0 Å². The summed E-state index contributed by atoms with van der Waals surface area (Å²) >= 11 is 0. The van der Waals surface area contributed by atoms with Gasteiger partial charge >= 0.3 is 6.18 Å². The van der Waals surface area contributed by atoms with E-state index >= 15 is 0 Å². The van der Waals surface area contributed by atoms with Gasteiger partial charge in [0.1, 0.15) is 40.6 Å². The number of halogens is 5. The molecule has 0 spiro atoms. The third-order valence-electron chi connectivity index (χ3n) is 12.1. The number of hydrogen-bond donors (Lipinski definition) is 3. The lowest BCUT2D eigenvalue weighted by Crippen LogP contribution is -2.60. The van der Waals surface area contributed by atoms with Crippen LogP contribution in [0, 0.1) is 29.0 Å². The van der Waals surface area contributed by atoms with Gasteiger partial charge in [-0.15, -0.1) is 0 Å². The highest BCUT2D eigenvalue weighted by Gasteiger charge is 2.64. The normalized spacial score (nSPS) is 29.0. The molecular formula is C39H48F5N5O8S. The van der Waals surface area contributed by atoms with Crippen molar-refractivity contribution in [2.45, 2.75) is 107 Å². The van der Waals surface area contributed by atoms with Crippen LogP contribution >= 0.6 is 0 Å². The number of alkyl halides is 4. The molecule has 2 saturated carbocycles. The summed E-state index contributed by atoms with van der Waals surface area (Å²) < 4.78 is 109. The second-order valence-electron chi connectivity index (χ2n) is 16.7. The number of nitrogens with zero attached hydrogens (tertiary/aromatic N) is 2. The van der Waals surface area contributed by atoms with Crippen LogP contribution in [0.25, 0.3) is 10.8 Å². The quantitative estimate of drug-likeness (QED) is 0.240. The van der Waals surface area contributed by atoms with E-state index in [-0.39, 0.29) is 55.2 Å². The summed E-state index contributed by atoms with van der Waals surface area (Å²) in [6.07, 6.45) is -0.0891. The largest absolute Gasteiger partial charge is 0.494 e. The smallest absolute Gasteiger partial charge is 0.402 e. The van der Waals surface area contributed by atoms with Gasteiger partial charge in [-0.3, -0.25) is 23.9 Å². The molecule has 2 aliphatic carbocycles. The standard InChI is InChI=1S/C39H48F5N5O8S/c1-21-8-6-7-9-24-18-38(24,35(53)48-58(54,55)37(20-40)11-12-37)47-31(50)28-16-25(57-32-26-17-27(41)29(56-5)15-23(26)10-13-45-32)19-49(28)33(51)30(22(2)14-21)46-34(52)36(3,4)39(42,43)44/h7,9-10,13,15,17,21-22,24-25,28,30H,6,8,11-12,14,16,18-20H2,1-5H3,(H,46,52)(H,47,50)(H,48,53)/t21-,22-,24-,25-,28+,30+,38-/m1/s1. The summed E-state index contributed by atoms with van der Waals surface area (Å²) in [7, 11) is -3.19. The van der Waals surface area contributed by atoms with Gasteiger partial charge in [0.25, 0.3) is 5.91 Å². The van der Waals surface area contributed by atoms with Crippen molar-refractivity contribution in [1.82, 2.24) is 25.2 Å². The molecule has 58 heavy (non-hydrogen) atoms. The average Bonchev–Trinajstić information content (AvgIpc) is 4.06. The number of pyridine rings is 1. The lowest BCUT2D eigenvalue weighted by atomic mass is 9.86. The number of methoxy groups -OCH3 is 1. The predicted octanol–water partition coefficient (Wildman–Crippen LogP) is 4.64. The number of ether oxygens (including phenoxy) is 2. The Hall–Kier alpha value is -4.55. The van der Waals surface area contributed by atoms with Gasteiger partial charge in [-0.25, -0.2) is 22.2 Å². The Bertz CT molecular complexity index is 2110. The minimum Gasteiger partial charge on any atom is -0.494 e. The maximum atomic E-state index is 14.9. The summed E-state index contributed by atoms with van der Waals surface area (Å²) in [6, 6.07) is 1.15. The molecule has 0 bridgehead atoms. The monoisotopic (exact) mass is 841 g/mol. The van der Waals surface area contributed by atoms with Crippen molar-refractivity contribution in [1.29, 1.82) is 0 Å². The van der Waals surface area contributed by atoms with E-state index in [0.717, 1.165) is 11.0 Å². The van der Waals surface area contributed by atoms with Gasteiger partial charge in [0.15, 0.2) is 11.6 Å². The van der Waals surface area contributed by atoms with Crippen LogP contribution in [0.15, 0.2) is 36.5 Å². The first kappa shape index (κ1) is 43.0. The Kier molecular flexibility index (Phi) is 11.5. The van der Waals surface area contributed by atoms with Crippen LogP contribution in [0.2, 0.25) is 0 Å². The number of nitrogens with one attached hydrogen (secondary N) is 3. The number of carbonyl (C=O) groups excluding carboxylic acids is 4. The molecule has 2 aliphatic heterocycles. The highest BCUT2D eigenvalue weighted by molar-refractivity contribution is 7.91. The maximum Gasteiger partial charge on any atom is 0.402 e. The number of aromatic nitrogens is 1. The van der Waals surface area contributed by atoms with Crippen molar-refractivity contribution in [2.75, 3.05) is 20.3 Å². The van der Waals surface area contributed by atoms with E-state index in [2.05, 4.69) is 15.6 Å². The number of benzene rings is 1. The molecule has 6 rings (SSSR count). The summed E-state index contributed by atoms with van der Waals surface area (Å²) in [6.45, 7) is 3.33. The van der Waals surface area contributed by atoms with E-state index in [1.165, 1.54) is 19.4 Å². The van der Waals surface area contributed by atoms with Crippen molar-refractivity contribution < 1.29 is 59.0 Å². The van der Waals surface area contributed by atoms with E-state index in [0.29, 0.717) is 38.5 Å². The predicted molar refractivity (Wildman–Crippen MR) is 200 cm³/mol. The fraction of sp³-hybridized carbons (Fsp3) is 0.615.